The molecule has 0 amide bonds. The molecule has 2 atom stereocenters. The maximum Gasteiger partial charge on any atom is 0.143 e. The second kappa shape index (κ2) is 15.7. The van der Waals surface area contributed by atoms with Crippen LogP contribution in [0, 0.1) is 0 Å². The Bertz CT molecular complexity index is 234. The van der Waals surface area contributed by atoms with Gasteiger partial charge in [-0.1, -0.05) is 20.5 Å². The summed E-state index contributed by atoms with van der Waals surface area (Å²) in [7, 11) is 0. The molecule has 19 heavy (non-hydrogen) atoms. The van der Waals surface area contributed by atoms with Crippen LogP contribution in [0.3, 0.4) is 0 Å². The number of hydrogen-bond donors (Lipinski definition) is 0. The Balaban J connectivity index is -0.000000853. The molecular weight excluding hydrogens is 471 g/mol. The van der Waals surface area contributed by atoms with Gasteiger partial charge < -0.3 is 20.9 Å². The van der Waals surface area contributed by atoms with E-state index in [1.165, 1.54) is 0 Å². The molecule has 1 aliphatic rings. The average molecular weight is 492 g/mol. The van der Waals surface area contributed by atoms with Gasteiger partial charge in [0, 0.05) is 98.1 Å². The fourth-order valence-electron chi connectivity index (χ4n) is 1.67. The number of Topliss-reactive ketones (excluding diaryl/α,β-unsaturated/α-hetero) is 1. The van der Waals surface area contributed by atoms with Crippen molar-refractivity contribution in [1.29, 1.82) is 0 Å². The van der Waals surface area contributed by atoms with Gasteiger partial charge in [-0.25, -0.2) is 0 Å². The minimum atomic E-state index is 0. The summed E-state index contributed by atoms with van der Waals surface area (Å²) < 4.78 is 0. The van der Waals surface area contributed by atoms with Crippen molar-refractivity contribution in [2.45, 2.75) is 32.9 Å². The molecule has 0 aromatic rings. The second-order valence-corrected chi connectivity index (χ2v) is 4.47. The van der Waals surface area contributed by atoms with Gasteiger partial charge in [-0.3, -0.25) is 11.5 Å². The van der Waals surface area contributed by atoms with Gasteiger partial charge >= 0.3 is 0 Å². The summed E-state index contributed by atoms with van der Waals surface area (Å²) in [6.07, 6.45) is 0. The molecule has 0 bridgehead atoms. The smallest absolute Gasteiger partial charge is 0.143 e. The number of rotatable bonds is 2. The van der Waals surface area contributed by atoms with Gasteiger partial charge in [0.25, 0.3) is 0 Å². The van der Waals surface area contributed by atoms with Gasteiger partial charge in [0.2, 0.25) is 0 Å². The van der Waals surface area contributed by atoms with Crippen LogP contribution in [0.25, 0.3) is 16.0 Å². The van der Waals surface area contributed by atoms with Crippen molar-refractivity contribution < 1.29 is 103 Å². The molecule has 5 nitrogen and oxygen atoms in total. The normalized spacial score (nSPS) is 25.2. The summed E-state index contributed by atoms with van der Waals surface area (Å²) in [4.78, 5) is 13.2. The predicted molar refractivity (Wildman–Crippen MR) is 65.9 cm³/mol. The van der Waals surface area contributed by atoms with Gasteiger partial charge in [0.15, 0.2) is 0 Å². The fraction of sp³-hybridized carbons (Fsp3) is 0.909. The number of ketones is 1. The predicted octanol–water partition coefficient (Wildman–Crippen LogP) is 1.70. The molecule has 1 heterocycles. The van der Waals surface area contributed by atoms with Crippen LogP contribution in [0.2, 0.25) is 0 Å². The van der Waals surface area contributed by atoms with E-state index in [-0.39, 0.29) is 116 Å². The third-order valence-electron chi connectivity index (χ3n) is 2.45. The Labute approximate surface area is 192 Å². The molecule has 1 fully saturated rings. The molecule has 0 spiro atoms. The average Bonchev–Trinajstić information content (AvgIpc) is 2.19. The van der Waals surface area contributed by atoms with Crippen LogP contribution in [0.4, 0.5) is 0 Å². The molecule has 0 aromatic heterocycles. The van der Waals surface area contributed by atoms with E-state index in [0.717, 1.165) is 13.1 Å². The van der Waals surface area contributed by atoms with Crippen LogP contribution in [-0.2, 0) is 103 Å². The molecule has 0 aromatic carbocycles. The first-order valence-corrected chi connectivity index (χ1v) is 5.76. The van der Waals surface area contributed by atoms with Crippen LogP contribution in [0.1, 0.15) is 20.8 Å². The molecule has 0 N–H and O–H groups in total. The van der Waals surface area contributed by atoms with Crippen LogP contribution < -0.4 is 0 Å². The minimum Gasteiger partial charge on any atom is -0.682 e. The molecule has 0 aliphatic carbocycles. The van der Waals surface area contributed by atoms with E-state index >= 15 is 0 Å². The fourth-order valence-corrected chi connectivity index (χ4v) is 1.67. The van der Waals surface area contributed by atoms with E-state index < -0.39 is 0 Å². The van der Waals surface area contributed by atoms with Crippen molar-refractivity contribution in [3.05, 3.63) is 16.0 Å². The Morgan fingerprint density at radius 1 is 1.16 bits per heavy atom. The first kappa shape index (κ1) is 26.7. The quantitative estimate of drug-likeness (QED) is 0.590. The maximum absolute atomic E-state index is 11.1. The molecular formula is C11H21N4OY3-3. The Morgan fingerprint density at radius 2 is 1.79 bits per heavy atom. The molecule has 1 aliphatic heterocycles. The Kier molecular flexibility index (Phi) is 22.1. The van der Waals surface area contributed by atoms with E-state index in [4.69, 9.17) is 0 Å². The van der Waals surface area contributed by atoms with E-state index in [9.17, 15) is 4.79 Å². The summed E-state index contributed by atoms with van der Waals surface area (Å²) in [6.45, 7) is 8.83. The maximum atomic E-state index is 11.1. The molecule has 0 saturated carbocycles. The number of hydrogen-bond acceptors (Lipinski definition) is 2. The van der Waals surface area contributed by atoms with Crippen molar-refractivity contribution in [2.75, 3.05) is 33.0 Å². The molecule has 103 valence electrons. The van der Waals surface area contributed by atoms with Crippen LogP contribution >= 0.6 is 0 Å². The van der Waals surface area contributed by atoms with E-state index in [2.05, 4.69) is 20.9 Å². The third-order valence-corrected chi connectivity index (χ3v) is 2.45. The first-order valence-electron chi connectivity index (χ1n) is 5.76. The molecule has 3 radical (unpaired) electrons. The van der Waals surface area contributed by atoms with Crippen LogP contribution in [-0.4, -0.2) is 55.7 Å². The monoisotopic (exact) mass is 492 g/mol. The Morgan fingerprint density at radius 3 is 2.37 bits per heavy atom. The molecule has 1 rings (SSSR count). The largest absolute Gasteiger partial charge is 0.682 e. The van der Waals surface area contributed by atoms with Crippen LogP contribution in [0.5, 0.6) is 0 Å². The summed E-state index contributed by atoms with van der Waals surface area (Å²) in [5.74, 6) is 0.178. The SMILES string of the molecule is CC(=O)CN1C[N-]C(C)C[N-]C[N-]C(C)C1.[Y].[Y].[Y]. The first-order chi connectivity index (χ1) is 7.58. The zero-order valence-electron chi connectivity index (χ0n) is 12.1. The zero-order chi connectivity index (χ0) is 12.0. The summed E-state index contributed by atoms with van der Waals surface area (Å²) in [6, 6.07) is 0.435. The van der Waals surface area contributed by atoms with Gasteiger partial charge in [0.05, 0.1) is 6.54 Å². The molecule has 8 heteroatoms. The van der Waals surface area contributed by atoms with Gasteiger partial charge in [-0.15, -0.1) is 6.04 Å². The molecule has 1 saturated heterocycles. The third kappa shape index (κ3) is 14.2. The zero-order valence-corrected chi connectivity index (χ0v) is 20.6. The van der Waals surface area contributed by atoms with Crippen molar-refractivity contribution in [3.8, 4) is 0 Å². The molecule has 2 unspecified atom stereocenters. The minimum absolute atomic E-state index is 0. The second-order valence-electron chi connectivity index (χ2n) is 4.47. The number of nitrogens with zero attached hydrogens (tertiary/aromatic N) is 4. The van der Waals surface area contributed by atoms with Gasteiger partial charge in [-0.05, 0) is 13.5 Å². The Hall–Kier alpha value is 2.82. The number of carbonyl (C=O) groups is 1. The van der Waals surface area contributed by atoms with Crippen molar-refractivity contribution >= 4 is 5.78 Å². The van der Waals surface area contributed by atoms with Gasteiger partial charge in [0.1, 0.15) is 5.78 Å². The number of carbonyl (C=O) groups excluding carboxylic acids is 1. The summed E-state index contributed by atoms with van der Waals surface area (Å²) in [5.41, 5.74) is 0. The van der Waals surface area contributed by atoms with Crippen molar-refractivity contribution in [1.82, 2.24) is 4.90 Å². The van der Waals surface area contributed by atoms with Crippen molar-refractivity contribution in [3.63, 3.8) is 0 Å². The van der Waals surface area contributed by atoms with E-state index in [1.54, 1.807) is 6.92 Å². The summed E-state index contributed by atoms with van der Waals surface area (Å²) in [5, 5.41) is 13.2. The standard InChI is InChI=1S/C11H21N4O.3Y/c1-9-4-12-7-13-10(2)5-15(8-14-9)6-11(3)16;;;/h9-10H,4-8H2,1-3H3;;;/q-3;;;. The topological polar surface area (TPSA) is 62.6 Å². The van der Waals surface area contributed by atoms with E-state index in [1.807, 2.05) is 13.8 Å². The van der Waals surface area contributed by atoms with Crippen LogP contribution in [0.15, 0.2) is 0 Å². The van der Waals surface area contributed by atoms with Crippen molar-refractivity contribution in [2.24, 2.45) is 0 Å². The van der Waals surface area contributed by atoms with E-state index in [0.29, 0.717) is 19.9 Å². The summed E-state index contributed by atoms with van der Waals surface area (Å²) >= 11 is 0. The van der Waals surface area contributed by atoms with Gasteiger partial charge in [-0.2, -0.15) is 12.6 Å².